The van der Waals surface area contributed by atoms with Gasteiger partial charge in [0.1, 0.15) is 17.7 Å². The molecule has 2 rings (SSSR count). The highest BCUT2D eigenvalue weighted by molar-refractivity contribution is 6.01. The summed E-state index contributed by atoms with van der Waals surface area (Å²) in [6, 6.07) is 2.44. The van der Waals surface area contributed by atoms with E-state index in [1.54, 1.807) is 0 Å². The topological polar surface area (TPSA) is 84.1 Å². The molecule has 0 saturated heterocycles. The van der Waals surface area contributed by atoms with Gasteiger partial charge in [0, 0.05) is 0 Å². The van der Waals surface area contributed by atoms with E-state index in [9.17, 15) is 18.4 Å². The molecule has 2 N–H and O–H groups in total. The van der Waals surface area contributed by atoms with Gasteiger partial charge < -0.3 is 10.1 Å². The van der Waals surface area contributed by atoms with Gasteiger partial charge in [0.05, 0.1) is 30.1 Å². The van der Waals surface area contributed by atoms with E-state index < -0.39 is 35.1 Å². The summed E-state index contributed by atoms with van der Waals surface area (Å²) < 4.78 is 32.1. The molecule has 22 heavy (non-hydrogen) atoms. The van der Waals surface area contributed by atoms with Crippen molar-refractivity contribution >= 4 is 11.9 Å². The van der Waals surface area contributed by atoms with Crippen molar-refractivity contribution in [2.75, 3.05) is 7.11 Å². The first-order valence-corrected chi connectivity index (χ1v) is 6.32. The van der Waals surface area contributed by atoms with E-state index in [4.69, 9.17) is 0 Å². The third-order valence-corrected chi connectivity index (χ3v) is 3.00. The maximum absolute atomic E-state index is 13.8. The maximum atomic E-state index is 13.8. The van der Waals surface area contributed by atoms with Crippen molar-refractivity contribution in [1.29, 1.82) is 0 Å². The Morgan fingerprint density at radius 2 is 1.95 bits per heavy atom. The number of carbonyl (C=O) groups is 2. The highest BCUT2D eigenvalue weighted by atomic mass is 19.1. The third-order valence-electron chi connectivity index (χ3n) is 3.00. The second-order valence-corrected chi connectivity index (χ2v) is 4.47. The zero-order valence-corrected chi connectivity index (χ0v) is 11.8. The number of aromatic amines is 1. The van der Waals surface area contributed by atoms with E-state index in [1.807, 2.05) is 0 Å². The summed E-state index contributed by atoms with van der Waals surface area (Å²) in [6.07, 6.45) is 1.13. The van der Waals surface area contributed by atoms with Crippen molar-refractivity contribution < 1.29 is 23.1 Å². The first-order chi connectivity index (χ1) is 10.5. The average Bonchev–Trinajstić information content (AvgIpc) is 2.95. The molecule has 1 amide bonds. The van der Waals surface area contributed by atoms with Crippen LogP contribution in [0.15, 0.2) is 24.4 Å². The second-order valence-electron chi connectivity index (χ2n) is 4.47. The molecule has 0 bridgehead atoms. The fourth-order valence-corrected chi connectivity index (χ4v) is 1.90. The minimum absolute atomic E-state index is 0.0836. The number of halogens is 2. The lowest BCUT2D eigenvalue weighted by atomic mass is 10.1. The van der Waals surface area contributed by atoms with Crippen LogP contribution in [-0.2, 0) is 9.53 Å². The van der Waals surface area contributed by atoms with Crippen LogP contribution in [0, 0.1) is 11.6 Å². The van der Waals surface area contributed by atoms with Gasteiger partial charge in [0.15, 0.2) is 0 Å². The number of aromatic nitrogens is 2. The molecule has 0 aliphatic rings. The van der Waals surface area contributed by atoms with E-state index >= 15 is 0 Å². The van der Waals surface area contributed by atoms with Crippen LogP contribution in [0.25, 0.3) is 11.3 Å². The van der Waals surface area contributed by atoms with Gasteiger partial charge in [-0.05, 0) is 19.1 Å². The summed E-state index contributed by atoms with van der Waals surface area (Å²) in [5, 5.41) is 8.40. The monoisotopic (exact) mass is 309 g/mol. The SMILES string of the molecule is COC(=O)[C@H](C)NC(=O)c1cn[nH]c1-c1c(F)cccc1F. The minimum Gasteiger partial charge on any atom is -0.467 e. The van der Waals surface area contributed by atoms with Gasteiger partial charge >= 0.3 is 5.97 Å². The standard InChI is InChI=1S/C14H13F2N3O3/c1-7(14(21)22-2)18-13(20)8-6-17-19-12(8)11-9(15)4-3-5-10(11)16/h3-7H,1-2H3,(H,17,19)(H,18,20)/t7-/m0/s1. The molecule has 6 nitrogen and oxygen atoms in total. The predicted molar refractivity (Wildman–Crippen MR) is 72.9 cm³/mol. The molecule has 0 spiro atoms. The van der Waals surface area contributed by atoms with Crippen LogP contribution in [0.2, 0.25) is 0 Å². The highest BCUT2D eigenvalue weighted by Crippen LogP contribution is 2.27. The zero-order chi connectivity index (χ0) is 16.3. The smallest absolute Gasteiger partial charge is 0.328 e. The number of amides is 1. The van der Waals surface area contributed by atoms with Crippen molar-refractivity contribution in [3.63, 3.8) is 0 Å². The number of ether oxygens (including phenoxy) is 1. The van der Waals surface area contributed by atoms with Gasteiger partial charge in [-0.15, -0.1) is 0 Å². The van der Waals surface area contributed by atoms with E-state index in [0.717, 1.165) is 18.3 Å². The van der Waals surface area contributed by atoms with Crippen LogP contribution in [-0.4, -0.2) is 35.2 Å². The van der Waals surface area contributed by atoms with Gasteiger partial charge in [-0.3, -0.25) is 9.89 Å². The quantitative estimate of drug-likeness (QED) is 0.841. The number of H-pyrrole nitrogens is 1. The molecule has 0 fully saturated rings. The molecule has 0 saturated carbocycles. The lowest BCUT2D eigenvalue weighted by Gasteiger charge is -2.11. The van der Waals surface area contributed by atoms with Crippen molar-refractivity contribution in [2.45, 2.75) is 13.0 Å². The molecule has 1 aromatic carbocycles. The van der Waals surface area contributed by atoms with Gasteiger partial charge in [0.2, 0.25) is 0 Å². The fourth-order valence-electron chi connectivity index (χ4n) is 1.90. The Morgan fingerprint density at radius 1 is 1.32 bits per heavy atom. The molecule has 0 aliphatic carbocycles. The van der Waals surface area contributed by atoms with E-state index in [1.165, 1.54) is 20.1 Å². The largest absolute Gasteiger partial charge is 0.467 e. The third kappa shape index (κ3) is 2.95. The van der Waals surface area contributed by atoms with Crippen LogP contribution in [0.4, 0.5) is 8.78 Å². The number of hydrogen-bond donors (Lipinski definition) is 2. The first kappa shape index (κ1) is 15.6. The minimum atomic E-state index is -0.911. The zero-order valence-electron chi connectivity index (χ0n) is 11.8. The molecule has 0 unspecified atom stereocenters. The predicted octanol–water partition coefficient (Wildman–Crippen LogP) is 1.65. The van der Waals surface area contributed by atoms with Gasteiger partial charge in [-0.25, -0.2) is 13.6 Å². The Balaban J connectivity index is 2.34. The molecule has 1 atom stereocenters. The molecular formula is C14H13F2N3O3. The number of methoxy groups -OCH3 is 1. The Labute approximate surface area is 124 Å². The lowest BCUT2D eigenvalue weighted by Crippen LogP contribution is -2.39. The normalized spacial score (nSPS) is 11.8. The van der Waals surface area contributed by atoms with Gasteiger partial charge in [0.25, 0.3) is 5.91 Å². The van der Waals surface area contributed by atoms with E-state index in [2.05, 4.69) is 20.3 Å². The molecule has 1 aromatic heterocycles. The molecule has 0 aliphatic heterocycles. The molecule has 2 aromatic rings. The molecule has 116 valence electrons. The summed E-state index contributed by atoms with van der Waals surface area (Å²) in [5.41, 5.74) is -0.583. The maximum Gasteiger partial charge on any atom is 0.328 e. The fraction of sp³-hybridized carbons (Fsp3) is 0.214. The number of esters is 1. The van der Waals surface area contributed by atoms with E-state index in [0.29, 0.717) is 0 Å². The number of nitrogens with one attached hydrogen (secondary N) is 2. The van der Waals surface area contributed by atoms with Crippen molar-refractivity contribution in [3.8, 4) is 11.3 Å². The molecular weight excluding hydrogens is 296 g/mol. The van der Waals surface area contributed by atoms with Crippen LogP contribution in [0.3, 0.4) is 0 Å². The molecule has 0 radical (unpaired) electrons. The van der Waals surface area contributed by atoms with Crippen molar-refractivity contribution in [2.24, 2.45) is 0 Å². The average molecular weight is 309 g/mol. The Bertz CT molecular complexity index is 695. The van der Waals surface area contributed by atoms with Crippen LogP contribution < -0.4 is 5.32 Å². The summed E-state index contributed by atoms with van der Waals surface area (Å²) in [7, 11) is 1.18. The van der Waals surface area contributed by atoms with E-state index in [-0.39, 0.29) is 11.3 Å². The summed E-state index contributed by atoms with van der Waals surface area (Å²) >= 11 is 0. The Morgan fingerprint density at radius 3 is 2.55 bits per heavy atom. The summed E-state index contributed by atoms with van der Waals surface area (Å²) in [4.78, 5) is 23.4. The van der Waals surface area contributed by atoms with Crippen LogP contribution in [0.5, 0.6) is 0 Å². The number of carbonyl (C=O) groups excluding carboxylic acids is 2. The first-order valence-electron chi connectivity index (χ1n) is 6.32. The second kappa shape index (κ2) is 6.33. The Hall–Kier alpha value is -2.77. The lowest BCUT2D eigenvalue weighted by molar-refractivity contribution is -0.142. The molecule has 8 heteroatoms. The molecule has 1 heterocycles. The van der Waals surface area contributed by atoms with Crippen LogP contribution in [0.1, 0.15) is 17.3 Å². The summed E-state index contributed by atoms with van der Waals surface area (Å²) in [5.74, 6) is -3.02. The van der Waals surface area contributed by atoms with Crippen LogP contribution >= 0.6 is 0 Å². The van der Waals surface area contributed by atoms with Gasteiger partial charge in [-0.2, -0.15) is 5.10 Å². The van der Waals surface area contributed by atoms with Crippen molar-refractivity contribution in [3.05, 3.63) is 41.6 Å². The Kier molecular flexibility index (Phi) is 4.50. The number of rotatable bonds is 4. The number of benzene rings is 1. The van der Waals surface area contributed by atoms with Gasteiger partial charge in [-0.1, -0.05) is 6.07 Å². The summed E-state index contributed by atoms with van der Waals surface area (Å²) in [6.45, 7) is 1.42. The van der Waals surface area contributed by atoms with Crippen molar-refractivity contribution in [1.82, 2.24) is 15.5 Å². The number of nitrogens with zero attached hydrogens (tertiary/aromatic N) is 1. The highest BCUT2D eigenvalue weighted by Gasteiger charge is 2.23. The number of hydrogen-bond acceptors (Lipinski definition) is 4.